The van der Waals surface area contributed by atoms with Gasteiger partial charge in [0.05, 0.1) is 12.5 Å². The van der Waals surface area contributed by atoms with Crippen molar-refractivity contribution < 1.29 is 35.9 Å². The second-order valence-electron chi connectivity index (χ2n) is 5.05. The summed E-state index contributed by atoms with van der Waals surface area (Å²) in [6.45, 7) is -0.156. The number of alkyl halides is 6. The Morgan fingerprint density at radius 3 is 2.17 bits per heavy atom. The van der Waals surface area contributed by atoms with Gasteiger partial charge in [0.25, 0.3) is 0 Å². The number of halogens is 6. The van der Waals surface area contributed by atoms with Crippen molar-refractivity contribution in [3.63, 3.8) is 0 Å². The molecule has 24 heavy (non-hydrogen) atoms. The van der Waals surface area contributed by atoms with Crippen molar-refractivity contribution in [2.75, 3.05) is 13.2 Å². The first kappa shape index (κ1) is 20.1. The summed E-state index contributed by atoms with van der Waals surface area (Å²) in [5.74, 6) is -2.47. The van der Waals surface area contributed by atoms with Gasteiger partial charge in [-0.05, 0) is 12.0 Å². The molecule has 3 nitrogen and oxygen atoms in total. The molecule has 1 aromatic carbocycles. The Bertz CT molecular complexity index is 515. The highest BCUT2D eigenvalue weighted by Crippen LogP contribution is 2.37. The van der Waals surface area contributed by atoms with Crippen molar-refractivity contribution in [2.45, 2.75) is 38.2 Å². The van der Waals surface area contributed by atoms with E-state index in [9.17, 15) is 31.1 Å². The average Bonchev–Trinajstić information content (AvgIpc) is 2.46. The minimum atomic E-state index is -5.28. The molecule has 0 bridgehead atoms. The van der Waals surface area contributed by atoms with Crippen LogP contribution < -0.4 is 0 Å². The molecule has 1 rings (SSSR count). The molecule has 0 aliphatic heterocycles. The maximum Gasteiger partial charge on any atom is 0.489 e. The molecule has 0 aliphatic rings. The predicted molar refractivity (Wildman–Crippen MR) is 74.3 cm³/mol. The Balaban J connectivity index is 3.02. The lowest BCUT2D eigenvalue weighted by Gasteiger charge is -2.29. The molecule has 9 heteroatoms. The van der Waals surface area contributed by atoms with Crippen LogP contribution in [0.25, 0.3) is 0 Å². The smallest absolute Gasteiger partial charge is 0.449 e. The van der Waals surface area contributed by atoms with Gasteiger partial charge < -0.3 is 4.74 Å². The van der Waals surface area contributed by atoms with Gasteiger partial charge in [0, 0.05) is 6.54 Å². The largest absolute Gasteiger partial charge is 0.489 e. The van der Waals surface area contributed by atoms with Gasteiger partial charge in [-0.1, -0.05) is 43.7 Å². The molecule has 136 valence electrons. The summed E-state index contributed by atoms with van der Waals surface area (Å²) in [4.78, 5) is 10.7. The lowest BCUT2D eigenvalue weighted by Crippen LogP contribution is -2.47. The van der Waals surface area contributed by atoms with Crippen molar-refractivity contribution in [3.8, 4) is 0 Å². The zero-order valence-electron chi connectivity index (χ0n) is 12.8. The molecule has 1 amide bonds. The standard InChI is InChI=1S/C15H17F6NO2/c1-2-3-9-24-13(23)22(15(19,20)21)10-12(14(16,17)18)11-7-5-4-6-8-11/h4-8,12H,2-3,9-10H2,1H3. The van der Waals surface area contributed by atoms with Crippen LogP contribution in [-0.2, 0) is 4.74 Å². The van der Waals surface area contributed by atoms with Crippen LogP contribution in [-0.4, -0.2) is 36.6 Å². The van der Waals surface area contributed by atoms with E-state index < -0.39 is 35.9 Å². The van der Waals surface area contributed by atoms with Crippen molar-refractivity contribution in [2.24, 2.45) is 0 Å². The van der Waals surface area contributed by atoms with Crippen LogP contribution in [0, 0.1) is 0 Å². The van der Waals surface area contributed by atoms with Gasteiger partial charge in [-0.2, -0.15) is 13.2 Å². The van der Waals surface area contributed by atoms with Crippen LogP contribution in [0.15, 0.2) is 30.3 Å². The second kappa shape index (κ2) is 8.25. The van der Waals surface area contributed by atoms with E-state index in [0.717, 1.165) is 12.1 Å². The molecule has 0 aliphatic carbocycles. The zero-order valence-corrected chi connectivity index (χ0v) is 12.8. The van der Waals surface area contributed by atoms with Crippen LogP contribution in [0.2, 0.25) is 0 Å². The molecule has 0 heterocycles. The Morgan fingerprint density at radius 2 is 1.71 bits per heavy atom. The number of ether oxygens (including phenoxy) is 1. The van der Waals surface area contributed by atoms with Gasteiger partial charge in [-0.3, -0.25) is 0 Å². The molecule has 1 aromatic rings. The van der Waals surface area contributed by atoms with Crippen molar-refractivity contribution >= 4 is 6.09 Å². The molecule has 0 N–H and O–H groups in total. The number of rotatable bonds is 6. The predicted octanol–water partition coefficient (Wildman–Crippen LogP) is 5.09. The quantitative estimate of drug-likeness (QED) is 0.403. The minimum absolute atomic E-state index is 0.288. The van der Waals surface area contributed by atoms with Crippen LogP contribution >= 0.6 is 0 Å². The van der Waals surface area contributed by atoms with E-state index in [1.54, 1.807) is 6.92 Å². The van der Waals surface area contributed by atoms with Gasteiger partial charge in [-0.15, -0.1) is 13.2 Å². The van der Waals surface area contributed by atoms with Crippen LogP contribution in [0.5, 0.6) is 0 Å². The summed E-state index contributed by atoms with van der Waals surface area (Å²) < 4.78 is 83.0. The number of amides is 1. The van der Waals surface area contributed by atoms with E-state index in [2.05, 4.69) is 4.74 Å². The number of benzene rings is 1. The summed E-state index contributed by atoms with van der Waals surface area (Å²) in [5.41, 5.74) is -0.361. The number of carbonyl (C=O) groups is 1. The maximum atomic E-state index is 13.2. The number of unbranched alkanes of at least 4 members (excludes halogenated alkanes) is 1. The molecule has 0 saturated heterocycles. The van der Waals surface area contributed by atoms with Gasteiger partial charge in [0.1, 0.15) is 0 Å². The Kier molecular flexibility index (Phi) is 6.92. The summed E-state index contributed by atoms with van der Waals surface area (Å²) in [6.07, 6.45) is -11.2. The SMILES string of the molecule is CCCCOC(=O)N(CC(c1ccccc1)C(F)(F)F)C(F)(F)F. The third kappa shape index (κ3) is 5.93. The van der Waals surface area contributed by atoms with E-state index in [1.165, 1.54) is 18.2 Å². The minimum Gasteiger partial charge on any atom is -0.449 e. The number of hydrogen-bond acceptors (Lipinski definition) is 2. The molecular weight excluding hydrogens is 340 g/mol. The highest BCUT2D eigenvalue weighted by molar-refractivity contribution is 5.68. The molecule has 0 radical (unpaired) electrons. The molecule has 0 saturated carbocycles. The second-order valence-corrected chi connectivity index (χ2v) is 5.05. The highest BCUT2D eigenvalue weighted by atomic mass is 19.4. The van der Waals surface area contributed by atoms with Crippen LogP contribution in [0.4, 0.5) is 31.1 Å². The van der Waals surface area contributed by atoms with Gasteiger partial charge in [0.2, 0.25) is 0 Å². The van der Waals surface area contributed by atoms with E-state index in [1.807, 2.05) is 0 Å². The normalized spacial score (nSPS) is 13.5. The summed E-state index contributed by atoms with van der Waals surface area (Å²) in [5, 5.41) is 0. The Morgan fingerprint density at radius 1 is 1.12 bits per heavy atom. The molecule has 0 fully saturated rings. The molecule has 0 aromatic heterocycles. The van der Waals surface area contributed by atoms with Crippen molar-refractivity contribution in [1.82, 2.24) is 4.90 Å². The molecule has 1 atom stereocenters. The average molecular weight is 357 g/mol. The molecule has 1 unspecified atom stereocenters. The molecule has 0 spiro atoms. The number of hydrogen-bond donors (Lipinski definition) is 0. The first-order valence-electron chi connectivity index (χ1n) is 7.20. The van der Waals surface area contributed by atoms with E-state index in [0.29, 0.717) is 12.8 Å². The van der Waals surface area contributed by atoms with Crippen LogP contribution in [0.3, 0.4) is 0 Å². The monoisotopic (exact) mass is 357 g/mol. The van der Waals surface area contributed by atoms with Crippen molar-refractivity contribution in [1.29, 1.82) is 0 Å². The summed E-state index contributed by atoms with van der Waals surface area (Å²) >= 11 is 0. The summed E-state index contributed by atoms with van der Waals surface area (Å²) in [7, 11) is 0. The van der Waals surface area contributed by atoms with E-state index >= 15 is 0 Å². The molecular formula is C15H17F6NO2. The van der Waals surface area contributed by atoms with Gasteiger partial charge >= 0.3 is 18.6 Å². The lowest BCUT2D eigenvalue weighted by atomic mass is 9.98. The third-order valence-corrected chi connectivity index (χ3v) is 3.21. The number of nitrogens with zero attached hydrogens (tertiary/aromatic N) is 1. The van der Waals surface area contributed by atoms with Gasteiger partial charge in [0.15, 0.2) is 0 Å². The Labute approximate surface area is 135 Å². The fourth-order valence-corrected chi connectivity index (χ4v) is 1.93. The maximum absolute atomic E-state index is 13.2. The zero-order chi connectivity index (χ0) is 18.4. The fourth-order valence-electron chi connectivity index (χ4n) is 1.93. The highest BCUT2D eigenvalue weighted by Gasteiger charge is 2.49. The first-order valence-corrected chi connectivity index (χ1v) is 7.20. The lowest BCUT2D eigenvalue weighted by molar-refractivity contribution is -0.241. The Hall–Kier alpha value is -1.93. The third-order valence-electron chi connectivity index (χ3n) is 3.21. The fraction of sp³-hybridized carbons (Fsp3) is 0.533. The van der Waals surface area contributed by atoms with Crippen molar-refractivity contribution in [3.05, 3.63) is 35.9 Å². The van der Waals surface area contributed by atoms with Crippen LogP contribution in [0.1, 0.15) is 31.2 Å². The first-order chi connectivity index (χ1) is 11.1. The van der Waals surface area contributed by atoms with E-state index in [-0.39, 0.29) is 12.2 Å². The summed E-state index contributed by atoms with van der Waals surface area (Å²) in [6, 6.07) is 6.14. The topological polar surface area (TPSA) is 29.5 Å². The van der Waals surface area contributed by atoms with Gasteiger partial charge in [-0.25, -0.2) is 9.69 Å². The van der Waals surface area contributed by atoms with E-state index in [4.69, 9.17) is 0 Å². The number of carbonyl (C=O) groups excluding carboxylic acids is 1.